The number of benzene rings is 1. The van der Waals surface area contributed by atoms with Crippen molar-refractivity contribution in [3.05, 3.63) is 35.9 Å². The first-order valence-electron chi connectivity index (χ1n) is 6.41. The summed E-state index contributed by atoms with van der Waals surface area (Å²) < 4.78 is 18.5. The second kappa shape index (κ2) is 4.96. The molecule has 1 fully saturated rings. The molecule has 0 radical (unpaired) electrons. The molecule has 0 unspecified atom stereocenters. The molecular formula is C14H15FN4O. The molecule has 0 atom stereocenters. The van der Waals surface area contributed by atoms with E-state index in [1.165, 1.54) is 13.2 Å². The van der Waals surface area contributed by atoms with Crippen molar-refractivity contribution in [2.75, 3.05) is 18.2 Å². The molecule has 0 saturated heterocycles. The minimum atomic E-state index is -0.429. The van der Waals surface area contributed by atoms with Gasteiger partial charge >= 0.3 is 0 Å². The van der Waals surface area contributed by atoms with Crippen molar-refractivity contribution in [3.63, 3.8) is 0 Å². The molecule has 0 amide bonds. The zero-order valence-electron chi connectivity index (χ0n) is 11.1. The molecule has 1 saturated carbocycles. The number of anilines is 3. The first kappa shape index (κ1) is 12.7. The third-order valence-corrected chi connectivity index (χ3v) is 3.13. The summed E-state index contributed by atoms with van der Waals surface area (Å²) in [5.41, 5.74) is 6.36. The Kier molecular flexibility index (Phi) is 3.14. The van der Waals surface area contributed by atoms with Crippen LogP contribution in [0.2, 0.25) is 0 Å². The number of nitrogens with two attached hydrogens (primary N) is 1. The summed E-state index contributed by atoms with van der Waals surface area (Å²) in [5.74, 6) is 1.92. The van der Waals surface area contributed by atoms with E-state index in [0.29, 0.717) is 23.2 Å². The fourth-order valence-corrected chi connectivity index (χ4v) is 1.97. The smallest absolute Gasteiger partial charge is 0.167 e. The van der Waals surface area contributed by atoms with Crippen molar-refractivity contribution in [1.29, 1.82) is 0 Å². The minimum absolute atomic E-state index is 0.205. The van der Waals surface area contributed by atoms with Crippen LogP contribution in [0.5, 0.6) is 5.75 Å². The maximum absolute atomic E-state index is 13.6. The number of methoxy groups -OCH3 is 1. The van der Waals surface area contributed by atoms with Gasteiger partial charge in [-0.2, -0.15) is 0 Å². The molecule has 20 heavy (non-hydrogen) atoms. The molecule has 3 rings (SSSR count). The van der Waals surface area contributed by atoms with Crippen molar-refractivity contribution in [3.8, 4) is 5.75 Å². The normalized spacial score (nSPS) is 14.1. The largest absolute Gasteiger partial charge is 0.494 e. The quantitative estimate of drug-likeness (QED) is 0.896. The zero-order valence-corrected chi connectivity index (χ0v) is 11.1. The van der Waals surface area contributed by atoms with Gasteiger partial charge in [-0.25, -0.2) is 14.4 Å². The van der Waals surface area contributed by atoms with Crippen LogP contribution in [0, 0.1) is 5.82 Å². The van der Waals surface area contributed by atoms with Crippen LogP contribution in [0.3, 0.4) is 0 Å². The SMILES string of the molecule is COc1ccc(Nc2cc(N)nc(C3CC3)n2)cc1F. The van der Waals surface area contributed by atoms with E-state index < -0.39 is 5.82 Å². The van der Waals surface area contributed by atoms with E-state index in [0.717, 1.165) is 18.7 Å². The third-order valence-electron chi connectivity index (χ3n) is 3.13. The third kappa shape index (κ3) is 2.64. The van der Waals surface area contributed by atoms with Gasteiger partial charge in [-0.1, -0.05) is 0 Å². The number of hydrogen-bond donors (Lipinski definition) is 2. The van der Waals surface area contributed by atoms with Crippen LogP contribution in [-0.2, 0) is 0 Å². The molecule has 6 heteroatoms. The summed E-state index contributed by atoms with van der Waals surface area (Å²) in [7, 11) is 1.43. The second-order valence-corrected chi connectivity index (χ2v) is 4.78. The Labute approximate surface area is 116 Å². The van der Waals surface area contributed by atoms with Crippen molar-refractivity contribution in [1.82, 2.24) is 9.97 Å². The average Bonchev–Trinajstić information content (AvgIpc) is 3.22. The fraction of sp³-hybridized carbons (Fsp3) is 0.286. The Bertz CT molecular complexity index is 643. The molecule has 104 valence electrons. The Morgan fingerprint density at radius 3 is 2.75 bits per heavy atom. The summed E-state index contributed by atoms with van der Waals surface area (Å²) in [5, 5.41) is 3.03. The number of aromatic nitrogens is 2. The van der Waals surface area contributed by atoms with Gasteiger partial charge in [-0.15, -0.1) is 0 Å². The zero-order chi connectivity index (χ0) is 14.1. The lowest BCUT2D eigenvalue weighted by molar-refractivity contribution is 0.386. The Morgan fingerprint density at radius 1 is 1.30 bits per heavy atom. The molecule has 0 aliphatic heterocycles. The minimum Gasteiger partial charge on any atom is -0.494 e. The van der Waals surface area contributed by atoms with Gasteiger partial charge in [-0.3, -0.25) is 0 Å². The lowest BCUT2D eigenvalue weighted by Crippen LogP contribution is -2.03. The summed E-state index contributed by atoms with van der Waals surface area (Å²) in [6.45, 7) is 0. The van der Waals surface area contributed by atoms with Crippen molar-refractivity contribution >= 4 is 17.3 Å². The molecule has 2 aromatic rings. The average molecular weight is 274 g/mol. The number of ether oxygens (including phenoxy) is 1. The highest BCUT2D eigenvalue weighted by molar-refractivity contribution is 5.59. The molecule has 1 aromatic heterocycles. The highest BCUT2D eigenvalue weighted by Crippen LogP contribution is 2.38. The molecule has 1 heterocycles. The molecule has 3 N–H and O–H groups in total. The summed E-state index contributed by atoms with van der Waals surface area (Å²) in [6, 6.07) is 6.27. The van der Waals surface area contributed by atoms with Crippen LogP contribution in [0.25, 0.3) is 0 Å². The highest BCUT2D eigenvalue weighted by Gasteiger charge is 2.27. The van der Waals surface area contributed by atoms with E-state index in [1.807, 2.05) is 0 Å². The van der Waals surface area contributed by atoms with Gasteiger partial charge < -0.3 is 15.8 Å². The maximum atomic E-state index is 13.6. The van der Waals surface area contributed by atoms with Gasteiger partial charge in [0.2, 0.25) is 0 Å². The monoisotopic (exact) mass is 274 g/mol. The summed E-state index contributed by atoms with van der Waals surface area (Å²) in [6.07, 6.45) is 2.19. The first-order chi connectivity index (χ1) is 9.65. The van der Waals surface area contributed by atoms with E-state index in [1.54, 1.807) is 18.2 Å². The Hall–Kier alpha value is -2.37. The van der Waals surface area contributed by atoms with Crippen LogP contribution >= 0.6 is 0 Å². The van der Waals surface area contributed by atoms with E-state index in [2.05, 4.69) is 15.3 Å². The molecule has 0 bridgehead atoms. The molecule has 1 aliphatic rings. The lowest BCUT2D eigenvalue weighted by Gasteiger charge is -2.09. The van der Waals surface area contributed by atoms with Crippen molar-refractivity contribution in [2.24, 2.45) is 0 Å². The van der Waals surface area contributed by atoms with Crippen LogP contribution in [0.15, 0.2) is 24.3 Å². The first-order valence-corrected chi connectivity index (χ1v) is 6.41. The van der Waals surface area contributed by atoms with Crippen LogP contribution in [-0.4, -0.2) is 17.1 Å². The summed E-state index contributed by atoms with van der Waals surface area (Å²) >= 11 is 0. The van der Waals surface area contributed by atoms with Gasteiger partial charge in [0.05, 0.1) is 7.11 Å². The van der Waals surface area contributed by atoms with Crippen molar-refractivity contribution in [2.45, 2.75) is 18.8 Å². The van der Waals surface area contributed by atoms with E-state index in [4.69, 9.17) is 10.5 Å². The predicted octanol–water partition coefficient (Wildman–Crippen LogP) is 2.83. The maximum Gasteiger partial charge on any atom is 0.167 e. The molecular weight excluding hydrogens is 259 g/mol. The Balaban J connectivity index is 1.85. The molecule has 0 spiro atoms. The number of nitrogen functional groups attached to an aromatic ring is 1. The van der Waals surface area contributed by atoms with Crippen LogP contribution < -0.4 is 15.8 Å². The summed E-state index contributed by atoms with van der Waals surface area (Å²) in [4.78, 5) is 8.62. The number of nitrogens with one attached hydrogen (secondary N) is 1. The topological polar surface area (TPSA) is 73.1 Å². The number of rotatable bonds is 4. The number of hydrogen-bond acceptors (Lipinski definition) is 5. The van der Waals surface area contributed by atoms with Gasteiger partial charge in [0.1, 0.15) is 17.5 Å². The van der Waals surface area contributed by atoms with Gasteiger partial charge in [0.15, 0.2) is 11.6 Å². The van der Waals surface area contributed by atoms with Crippen molar-refractivity contribution < 1.29 is 9.13 Å². The second-order valence-electron chi connectivity index (χ2n) is 4.78. The predicted molar refractivity (Wildman–Crippen MR) is 74.7 cm³/mol. The van der Waals surface area contributed by atoms with Crippen LogP contribution in [0.1, 0.15) is 24.6 Å². The van der Waals surface area contributed by atoms with Gasteiger partial charge in [-0.05, 0) is 25.0 Å². The highest BCUT2D eigenvalue weighted by atomic mass is 19.1. The van der Waals surface area contributed by atoms with E-state index >= 15 is 0 Å². The molecule has 1 aromatic carbocycles. The van der Waals surface area contributed by atoms with Gasteiger partial charge in [0.25, 0.3) is 0 Å². The van der Waals surface area contributed by atoms with E-state index in [9.17, 15) is 4.39 Å². The Morgan fingerprint density at radius 2 is 2.10 bits per heavy atom. The number of nitrogens with zero attached hydrogens (tertiary/aromatic N) is 2. The van der Waals surface area contributed by atoms with E-state index in [-0.39, 0.29) is 5.75 Å². The van der Waals surface area contributed by atoms with Gasteiger partial charge in [0, 0.05) is 23.7 Å². The lowest BCUT2D eigenvalue weighted by atomic mass is 10.3. The van der Waals surface area contributed by atoms with Crippen LogP contribution in [0.4, 0.5) is 21.7 Å². The molecule has 1 aliphatic carbocycles. The number of halogens is 1. The molecule has 5 nitrogen and oxygen atoms in total. The fourth-order valence-electron chi connectivity index (χ4n) is 1.97. The standard InChI is InChI=1S/C14H15FN4O/c1-20-11-5-4-9(6-10(11)15)17-13-7-12(16)18-14(19-13)8-2-3-8/h4-8H,2-3H2,1H3,(H3,16,17,18,19).